The van der Waals surface area contributed by atoms with Crippen molar-refractivity contribution in [3.05, 3.63) is 23.4 Å². The molecule has 3 rings (SSSR count). The lowest BCUT2D eigenvalue weighted by atomic mass is 9.79. The summed E-state index contributed by atoms with van der Waals surface area (Å²) in [5, 5.41) is 15.4. The van der Waals surface area contributed by atoms with Crippen LogP contribution >= 0.6 is 0 Å². The summed E-state index contributed by atoms with van der Waals surface area (Å²) in [5.74, 6) is -3.91. The van der Waals surface area contributed by atoms with Crippen molar-refractivity contribution in [2.75, 3.05) is 45.3 Å². The summed E-state index contributed by atoms with van der Waals surface area (Å²) in [6.07, 6.45) is 3.29. The van der Waals surface area contributed by atoms with Gasteiger partial charge in [-0.1, -0.05) is 6.07 Å². The Morgan fingerprint density at radius 3 is 2.76 bits per heavy atom. The Morgan fingerprint density at radius 2 is 2.08 bits per heavy atom. The Hall–Kier alpha value is -2.40. The van der Waals surface area contributed by atoms with Gasteiger partial charge >= 0.3 is 5.97 Å². The van der Waals surface area contributed by atoms with E-state index in [4.69, 9.17) is 9.72 Å². The molecular weight excluding hydrogens is 489 g/mol. The summed E-state index contributed by atoms with van der Waals surface area (Å²) in [7, 11) is 1.43. The van der Waals surface area contributed by atoms with Gasteiger partial charge in [-0.05, 0) is 62.6 Å². The lowest BCUT2D eigenvalue weighted by Crippen LogP contribution is -2.46. The molecule has 1 saturated carbocycles. The minimum absolute atomic E-state index is 0.108. The number of carbonyl (C=O) groups excluding carboxylic acids is 1. The van der Waals surface area contributed by atoms with Crippen LogP contribution in [0.1, 0.15) is 56.2 Å². The minimum Gasteiger partial charge on any atom is -0.480 e. The van der Waals surface area contributed by atoms with Crippen LogP contribution in [0, 0.1) is 5.92 Å². The summed E-state index contributed by atoms with van der Waals surface area (Å²) in [6, 6.07) is 3.03. The van der Waals surface area contributed by atoms with Crippen molar-refractivity contribution in [1.29, 1.82) is 0 Å². The molecule has 208 valence electrons. The lowest BCUT2D eigenvalue weighted by Gasteiger charge is -2.34. The maximum Gasteiger partial charge on any atom is 0.326 e. The fourth-order valence-electron chi connectivity index (χ4n) is 4.93. The first-order valence-electron chi connectivity index (χ1n) is 13.1. The number of pyridine rings is 1. The molecule has 1 aliphatic heterocycles. The molecule has 1 amide bonds. The number of nitrogens with zero attached hydrogens (tertiary/aromatic N) is 2. The van der Waals surface area contributed by atoms with Crippen LogP contribution in [0.3, 0.4) is 0 Å². The van der Waals surface area contributed by atoms with E-state index >= 15 is 0 Å². The summed E-state index contributed by atoms with van der Waals surface area (Å²) in [4.78, 5) is 30.6. The number of hydrogen-bond donors (Lipinski definition) is 3. The average Bonchev–Trinajstić information content (AvgIpc) is 2.85. The molecule has 0 spiro atoms. The molecule has 0 bridgehead atoms. The average molecular weight is 529 g/mol. The van der Waals surface area contributed by atoms with Gasteiger partial charge in [-0.3, -0.25) is 4.79 Å². The number of amides is 1. The van der Waals surface area contributed by atoms with E-state index in [1.165, 1.54) is 12.7 Å². The fourth-order valence-corrected chi connectivity index (χ4v) is 4.93. The van der Waals surface area contributed by atoms with E-state index in [1.807, 2.05) is 4.90 Å². The number of rotatable bonds is 16. The first-order chi connectivity index (χ1) is 17.7. The fraction of sp³-hybridized carbons (Fsp3) is 0.731. The van der Waals surface area contributed by atoms with Crippen LogP contribution in [0.4, 0.5) is 19.0 Å². The van der Waals surface area contributed by atoms with Crippen molar-refractivity contribution in [3.8, 4) is 0 Å². The Balaban J connectivity index is 1.47. The van der Waals surface area contributed by atoms with Crippen molar-refractivity contribution >= 4 is 17.7 Å². The number of alkyl halides is 3. The standard InChI is InChI=1S/C26H39F3N4O4/c1-37-21(16-27)17-33(11-3-2-6-20-8-7-19-5-4-10-30-24(19)31-20)12-9-22(25(35)36)32-23(34)13-18-14-26(28,29)15-18/h7-8,18,21-22H,2-6,9-17H2,1H3,(H,30,31)(H,32,34)(H,35,36)/t21-,22+/m1/s1. The maximum absolute atomic E-state index is 13.3. The SMILES string of the molecule is CO[C@H](CF)CN(CCCCc1ccc2c(n1)NCCC2)CC[C@H](NC(=O)CC1CC(F)(F)C1)C(=O)O. The molecule has 0 radical (unpaired) electrons. The van der Waals surface area contributed by atoms with Gasteiger partial charge in [0.2, 0.25) is 11.8 Å². The third-order valence-corrected chi connectivity index (χ3v) is 7.09. The Bertz CT molecular complexity index is 893. The van der Waals surface area contributed by atoms with Crippen LogP contribution in [0.15, 0.2) is 12.1 Å². The van der Waals surface area contributed by atoms with Crippen molar-refractivity contribution in [1.82, 2.24) is 15.2 Å². The number of halogens is 3. The van der Waals surface area contributed by atoms with Gasteiger partial charge in [-0.25, -0.2) is 22.9 Å². The number of nitrogens with one attached hydrogen (secondary N) is 2. The lowest BCUT2D eigenvalue weighted by molar-refractivity contribution is -0.144. The van der Waals surface area contributed by atoms with Gasteiger partial charge in [0.05, 0.1) is 6.10 Å². The number of anilines is 1. The number of ether oxygens (including phenoxy) is 1. The smallest absolute Gasteiger partial charge is 0.326 e. The highest BCUT2D eigenvalue weighted by atomic mass is 19.3. The number of carboxylic acids is 1. The van der Waals surface area contributed by atoms with Gasteiger partial charge in [-0.2, -0.15) is 0 Å². The van der Waals surface area contributed by atoms with Crippen LogP contribution in [-0.2, 0) is 27.2 Å². The van der Waals surface area contributed by atoms with E-state index in [-0.39, 0.29) is 25.7 Å². The predicted octanol–water partition coefficient (Wildman–Crippen LogP) is 3.44. The topological polar surface area (TPSA) is 104 Å². The quantitative estimate of drug-likeness (QED) is 0.283. The largest absolute Gasteiger partial charge is 0.480 e. The molecule has 3 N–H and O–H groups in total. The number of carbonyl (C=O) groups is 2. The Morgan fingerprint density at radius 1 is 1.30 bits per heavy atom. The van der Waals surface area contributed by atoms with Crippen LogP contribution in [-0.4, -0.2) is 84.9 Å². The van der Waals surface area contributed by atoms with Crippen LogP contribution in [0.25, 0.3) is 0 Å². The summed E-state index contributed by atoms with van der Waals surface area (Å²) < 4.78 is 44.5. The normalized spacial score (nSPS) is 18.4. The highest BCUT2D eigenvalue weighted by Gasteiger charge is 2.45. The number of hydrogen-bond acceptors (Lipinski definition) is 6. The molecule has 2 aliphatic rings. The first kappa shape index (κ1) is 29.2. The van der Waals surface area contributed by atoms with Gasteiger partial charge in [0.1, 0.15) is 18.5 Å². The Kier molecular flexibility index (Phi) is 11.0. The summed E-state index contributed by atoms with van der Waals surface area (Å²) in [5.41, 5.74) is 2.25. The molecule has 2 heterocycles. The number of fused-ring (bicyclic) bond motifs is 1. The summed E-state index contributed by atoms with van der Waals surface area (Å²) in [6.45, 7) is 1.50. The molecule has 2 atom stereocenters. The number of aliphatic carboxylic acids is 1. The third-order valence-electron chi connectivity index (χ3n) is 7.09. The molecule has 1 aliphatic carbocycles. The van der Waals surface area contributed by atoms with Crippen molar-refractivity contribution < 1.29 is 32.6 Å². The molecule has 0 aromatic carbocycles. The molecule has 8 nitrogen and oxygen atoms in total. The first-order valence-corrected chi connectivity index (χ1v) is 13.1. The highest BCUT2D eigenvalue weighted by Crippen LogP contribution is 2.43. The van der Waals surface area contributed by atoms with Crippen molar-refractivity contribution in [3.63, 3.8) is 0 Å². The number of unbranched alkanes of at least 4 members (excludes halogenated alkanes) is 1. The second kappa shape index (κ2) is 13.9. The van der Waals surface area contributed by atoms with Crippen molar-refractivity contribution in [2.24, 2.45) is 5.92 Å². The van der Waals surface area contributed by atoms with E-state index in [9.17, 15) is 27.9 Å². The summed E-state index contributed by atoms with van der Waals surface area (Å²) >= 11 is 0. The van der Waals surface area contributed by atoms with E-state index in [2.05, 4.69) is 22.8 Å². The number of carboxylic acid groups (broad SMARTS) is 1. The van der Waals surface area contributed by atoms with Crippen LogP contribution < -0.4 is 10.6 Å². The zero-order valence-electron chi connectivity index (χ0n) is 21.5. The van der Waals surface area contributed by atoms with Crippen LogP contribution in [0.2, 0.25) is 0 Å². The predicted molar refractivity (Wildman–Crippen MR) is 134 cm³/mol. The minimum atomic E-state index is -2.72. The second-order valence-corrected chi connectivity index (χ2v) is 10.2. The van der Waals surface area contributed by atoms with Crippen molar-refractivity contribution in [2.45, 2.75) is 75.9 Å². The number of methoxy groups -OCH3 is 1. The molecule has 0 unspecified atom stereocenters. The van der Waals surface area contributed by atoms with E-state index in [1.54, 1.807) is 0 Å². The zero-order valence-corrected chi connectivity index (χ0v) is 21.5. The third kappa shape index (κ3) is 9.45. The maximum atomic E-state index is 13.3. The Labute approximate surface area is 216 Å². The monoisotopic (exact) mass is 528 g/mol. The van der Waals surface area contributed by atoms with Gasteiger partial charge in [0.15, 0.2) is 0 Å². The molecule has 37 heavy (non-hydrogen) atoms. The molecular formula is C26H39F3N4O4. The second-order valence-electron chi connectivity index (χ2n) is 10.2. The van der Waals surface area contributed by atoms with Gasteiger partial charge < -0.3 is 25.4 Å². The van der Waals surface area contributed by atoms with E-state index in [0.29, 0.717) is 19.6 Å². The van der Waals surface area contributed by atoms with Gasteiger partial charge in [-0.15, -0.1) is 0 Å². The highest BCUT2D eigenvalue weighted by molar-refractivity contribution is 5.83. The van der Waals surface area contributed by atoms with E-state index < -0.39 is 42.5 Å². The molecule has 1 fully saturated rings. The molecule has 11 heteroatoms. The number of aromatic nitrogens is 1. The van der Waals surface area contributed by atoms with Crippen LogP contribution in [0.5, 0.6) is 0 Å². The van der Waals surface area contributed by atoms with Gasteiger partial charge in [0, 0.05) is 51.7 Å². The molecule has 0 saturated heterocycles. The van der Waals surface area contributed by atoms with E-state index in [0.717, 1.165) is 50.2 Å². The zero-order chi connectivity index (χ0) is 26.8. The molecule has 1 aromatic rings. The van der Waals surface area contributed by atoms with Gasteiger partial charge in [0.25, 0.3) is 0 Å². The molecule has 1 aromatic heterocycles. The number of aryl methyl sites for hydroxylation is 2.